The van der Waals surface area contributed by atoms with Crippen LogP contribution in [0.5, 0.6) is 0 Å². The van der Waals surface area contributed by atoms with Gasteiger partial charge in [-0.1, -0.05) is 32.9 Å². The summed E-state index contributed by atoms with van der Waals surface area (Å²) in [6.45, 7) is 6.64. The zero-order valence-electron chi connectivity index (χ0n) is 19.7. The summed E-state index contributed by atoms with van der Waals surface area (Å²) in [5.41, 5.74) is 2.97. The van der Waals surface area contributed by atoms with Gasteiger partial charge in [0.1, 0.15) is 11.5 Å². The molecular formula is C26H23F3N2O4S. The first-order valence-corrected chi connectivity index (χ1v) is 12.1. The molecule has 36 heavy (non-hydrogen) atoms. The maximum atomic E-state index is 13.6. The summed E-state index contributed by atoms with van der Waals surface area (Å²) in [5.74, 6) is -0.257. The topological polar surface area (TPSA) is 82.8 Å². The van der Waals surface area contributed by atoms with Crippen molar-refractivity contribution in [2.24, 2.45) is 0 Å². The largest absolute Gasteiger partial charge is 0.456 e. The number of carbonyl (C=O) groups excluding carboxylic acids is 2. The molecule has 3 aromatic rings. The van der Waals surface area contributed by atoms with E-state index in [1.807, 2.05) is 20.8 Å². The molecule has 2 N–H and O–H groups in total. The Bertz CT molecular complexity index is 1420. The molecule has 2 aliphatic rings. The predicted octanol–water partition coefficient (Wildman–Crippen LogP) is 5.97. The first-order chi connectivity index (χ1) is 16.9. The van der Waals surface area contributed by atoms with Crippen LogP contribution in [0.15, 0.2) is 46.4 Å². The molecule has 188 valence electrons. The first-order valence-electron chi connectivity index (χ1n) is 11.3. The van der Waals surface area contributed by atoms with Gasteiger partial charge in [-0.3, -0.25) is 14.8 Å². The highest BCUT2D eigenvalue weighted by atomic mass is 32.1. The quantitative estimate of drug-likeness (QED) is 0.332. The van der Waals surface area contributed by atoms with E-state index in [9.17, 15) is 22.8 Å². The van der Waals surface area contributed by atoms with Crippen LogP contribution in [0.3, 0.4) is 0 Å². The predicted molar refractivity (Wildman–Crippen MR) is 128 cm³/mol. The number of furan rings is 1. The van der Waals surface area contributed by atoms with Crippen molar-refractivity contribution in [3.05, 3.63) is 74.2 Å². The number of hydroxylamine groups is 1. The van der Waals surface area contributed by atoms with Gasteiger partial charge < -0.3 is 9.32 Å². The van der Waals surface area contributed by atoms with Gasteiger partial charge in [-0.05, 0) is 35.9 Å². The van der Waals surface area contributed by atoms with Crippen molar-refractivity contribution in [3.8, 4) is 11.3 Å². The van der Waals surface area contributed by atoms with Crippen LogP contribution in [0, 0.1) is 0 Å². The van der Waals surface area contributed by atoms with Crippen LogP contribution in [-0.4, -0.2) is 28.5 Å². The molecule has 5 rings (SSSR count). The van der Waals surface area contributed by atoms with Crippen molar-refractivity contribution in [3.63, 3.8) is 0 Å². The Hall–Kier alpha value is -3.37. The Balaban J connectivity index is 1.41. The first kappa shape index (κ1) is 24.3. The third-order valence-corrected chi connectivity index (χ3v) is 8.26. The van der Waals surface area contributed by atoms with Gasteiger partial charge in [-0.2, -0.15) is 13.2 Å². The molecule has 1 atom stereocenters. The van der Waals surface area contributed by atoms with Crippen molar-refractivity contribution in [2.45, 2.75) is 44.8 Å². The van der Waals surface area contributed by atoms with Crippen LogP contribution in [0.1, 0.15) is 63.7 Å². The van der Waals surface area contributed by atoms with E-state index in [-0.39, 0.29) is 11.8 Å². The molecule has 2 aromatic heterocycles. The Morgan fingerprint density at radius 1 is 1.22 bits per heavy atom. The average Bonchev–Trinajstić information content (AvgIpc) is 3.52. The van der Waals surface area contributed by atoms with Crippen LogP contribution >= 0.6 is 11.3 Å². The average molecular weight is 517 g/mol. The van der Waals surface area contributed by atoms with Gasteiger partial charge in [-0.15, -0.1) is 11.3 Å². The highest BCUT2D eigenvalue weighted by Gasteiger charge is 2.40. The zero-order chi connectivity index (χ0) is 26.0. The van der Waals surface area contributed by atoms with E-state index in [1.54, 1.807) is 34.7 Å². The minimum absolute atomic E-state index is 0.160. The van der Waals surface area contributed by atoms with Gasteiger partial charge in [0, 0.05) is 46.0 Å². The van der Waals surface area contributed by atoms with Crippen LogP contribution in [0.25, 0.3) is 17.4 Å². The molecule has 3 heterocycles. The Kier molecular flexibility index (Phi) is 5.64. The minimum Gasteiger partial charge on any atom is -0.456 e. The molecular weight excluding hydrogens is 493 g/mol. The maximum absolute atomic E-state index is 13.6. The highest BCUT2D eigenvalue weighted by Crippen LogP contribution is 2.44. The van der Waals surface area contributed by atoms with Crippen molar-refractivity contribution >= 4 is 29.2 Å². The van der Waals surface area contributed by atoms with E-state index in [1.165, 1.54) is 17.4 Å². The zero-order valence-corrected chi connectivity index (χ0v) is 20.5. The van der Waals surface area contributed by atoms with Crippen molar-refractivity contribution in [1.29, 1.82) is 0 Å². The third-order valence-electron chi connectivity index (χ3n) is 6.72. The molecule has 1 aliphatic heterocycles. The normalized spacial score (nSPS) is 18.5. The summed E-state index contributed by atoms with van der Waals surface area (Å²) in [7, 11) is 0. The van der Waals surface area contributed by atoms with Crippen LogP contribution < -0.4 is 5.48 Å². The molecule has 0 fully saturated rings. The second kappa shape index (κ2) is 8.35. The number of nitrogens with zero attached hydrogens (tertiary/aromatic N) is 1. The number of halogens is 3. The van der Waals surface area contributed by atoms with E-state index in [0.29, 0.717) is 40.6 Å². The third kappa shape index (κ3) is 4.04. The lowest BCUT2D eigenvalue weighted by Gasteiger charge is -2.38. The molecule has 1 unspecified atom stereocenters. The Morgan fingerprint density at radius 3 is 2.64 bits per heavy atom. The Labute approximate surface area is 209 Å². The van der Waals surface area contributed by atoms with Crippen molar-refractivity contribution < 1.29 is 32.4 Å². The van der Waals surface area contributed by atoms with Crippen LogP contribution in [0.4, 0.5) is 13.2 Å². The van der Waals surface area contributed by atoms with Crippen LogP contribution in [0.2, 0.25) is 0 Å². The smallest absolute Gasteiger partial charge is 0.416 e. The SMILES string of the molecule is CC1C(C(=O)N2Cc3cc(C(=O)NO)sc3C(C)(C)C2)=Cc2oc(-c3cccc(C(F)(F)F)c3)cc21. The molecule has 1 aromatic carbocycles. The lowest BCUT2D eigenvalue weighted by Crippen LogP contribution is -2.45. The minimum atomic E-state index is -4.45. The summed E-state index contributed by atoms with van der Waals surface area (Å²) in [6, 6.07) is 8.36. The number of nitrogens with one attached hydrogen (secondary N) is 1. The molecule has 0 bridgehead atoms. The number of thiophene rings is 1. The fourth-order valence-corrected chi connectivity index (χ4v) is 6.12. The number of amides is 2. The number of hydrogen-bond donors (Lipinski definition) is 2. The van der Waals surface area contributed by atoms with Gasteiger partial charge >= 0.3 is 6.18 Å². The van der Waals surface area contributed by atoms with Gasteiger partial charge in [0.2, 0.25) is 0 Å². The summed E-state index contributed by atoms with van der Waals surface area (Å²) < 4.78 is 45.2. The lowest BCUT2D eigenvalue weighted by molar-refractivity contribution is -0.137. The Morgan fingerprint density at radius 2 is 1.97 bits per heavy atom. The van der Waals surface area contributed by atoms with Crippen molar-refractivity contribution in [2.75, 3.05) is 6.54 Å². The van der Waals surface area contributed by atoms with E-state index >= 15 is 0 Å². The number of carbonyl (C=O) groups is 2. The summed E-state index contributed by atoms with van der Waals surface area (Å²) in [4.78, 5) is 28.6. The fourth-order valence-electron chi connectivity index (χ4n) is 4.96. The number of fused-ring (bicyclic) bond motifs is 2. The summed E-state index contributed by atoms with van der Waals surface area (Å²) in [5, 5.41) is 8.98. The monoisotopic (exact) mass is 516 g/mol. The lowest BCUT2D eigenvalue weighted by atomic mass is 9.84. The molecule has 0 spiro atoms. The van der Waals surface area contributed by atoms with Crippen molar-refractivity contribution in [1.82, 2.24) is 10.4 Å². The van der Waals surface area contributed by atoms with E-state index < -0.39 is 23.1 Å². The van der Waals surface area contributed by atoms with E-state index in [4.69, 9.17) is 9.62 Å². The number of benzene rings is 1. The van der Waals surface area contributed by atoms with E-state index in [2.05, 4.69) is 0 Å². The number of hydrogen-bond acceptors (Lipinski definition) is 5. The number of rotatable bonds is 3. The molecule has 0 saturated carbocycles. The summed E-state index contributed by atoms with van der Waals surface area (Å²) in [6.07, 6.45) is -2.79. The van der Waals surface area contributed by atoms with Gasteiger partial charge in [-0.25, -0.2) is 5.48 Å². The molecule has 2 amide bonds. The molecule has 0 saturated heterocycles. The van der Waals surface area contributed by atoms with Gasteiger partial charge in [0.25, 0.3) is 11.8 Å². The second-order valence-corrected chi connectivity index (χ2v) is 10.8. The molecule has 10 heteroatoms. The van der Waals surface area contributed by atoms with Gasteiger partial charge in [0.05, 0.1) is 10.4 Å². The number of alkyl halides is 3. The molecule has 6 nitrogen and oxygen atoms in total. The van der Waals surface area contributed by atoms with E-state index in [0.717, 1.165) is 28.1 Å². The molecule has 1 aliphatic carbocycles. The standard InChI is InChI=1S/C26H23F3N2O4S/c1-13-17-9-19(14-5-4-6-16(7-14)26(27,28)29)35-20(17)10-18(13)24(33)31-11-15-8-21(23(32)30-34)36-22(15)25(2,3)12-31/h4-10,13,34H,11-12H2,1-3H3,(H,30,32). The highest BCUT2D eigenvalue weighted by molar-refractivity contribution is 7.14. The molecule has 0 radical (unpaired) electrons. The summed E-state index contributed by atoms with van der Waals surface area (Å²) >= 11 is 1.30. The second-order valence-electron chi connectivity index (χ2n) is 9.78. The van der Waals surface area contributed by atoms with Gasteiger partial charge in [0.15, 0.2) is 0 Å². The maximum Gasteiger partial charge on any atom is 0.416 e. The fraction of sp³-hybridized carbons (Fsp3) is 0.308. The van der Waals surface area contributed by atoms with Crippen LogP contribution in [-0.2, 0) is 22.9 Å².